The summed E-state index contributed by atoms with van der Waals surface area (Å²) >= 11 is 0. The van der Waals surface area contributed by atoms with Gasteiger partial charge in [0.15, 0.2) is 29.6 Å². The number of nitrogens with zero attached hydrogens (tertiary/aromatic N) is 2. The quantitative estimate of drug-likeness (QED) is 0.540. The summed E-state index contributed by atoms with van der Waals surface area (Å²) in [5, 5.41) is 12.5. The highest BCUT2D eigenvalue weighted by Crippen LogP contribution is 2.28. The zero-order chi connectivity index (χ0) is 21.3. The van der Waals surface area contributed by atoms with Crippen molar-refractivity contribution in [3.63, 3.8) is 0 Å². The fraction of sp³-hybridized carbons (Fsp3) is 0.273. The molecule has 0 spiro atoms. The lowest BCUT2D eigenvalue weighted by atomic mass is 10.1. The van der Waals surface area contributed by atoms with Gasteiger partial charge in [0.1, 0.15) is 6.07 Å². The molecule has 1 aromatic heterocycles. The van der Waals surface area contributed by atoms with Crippen LogP contribution in [0.1, 0.15) is 17.1 Å². The van der Waals surface area contributed by atoms with Gasteiger partial charge >= 0.3 is 0 Å². The number of methoxy groups -OCH3 is 3. The molecule has 0 radical (unpaired) electrons. The summed E-state index contributed by atoms with van der Waals surface area (Å²) in [5.41, 5.74) is 1.24. The summed E-state index contributed by atoms with van der Waals surface area (Å²) in [4.78, 5) is 4.18. The van der Waals surface area contributed by atoms with Gasteiger partial charge in [-0.25, -0.2) is 0 Å². The van der Waals surface area contributed by atoms with Gasteiger partial charge in [-0.15, -0.1) is 0 Å². The molecule has 3 aromatic rings. The van der Waals surface area contributed by atoms with Crippen LogP contribution in [0.3, 0.4) is 0 Å². The number of rotatable bonds is 10. The highest BCUT2D eigenvalue weighted by Gasteiger charge is 2.14. The van der Waals surface area contributed by atoms with Crippen LogP contribution in [-0.4, -0.2) is 32.9 Å². The van der Waals surface area contributed by atoms with E-state index in [-0.39, 0.29) is 12.3 Å². The molecule has 8 nitrogen and oxygen atoms in total. The van der Waals surface area contributed by atoms with Gasteiger partial charge in [0, 0.05) is 6.54 Å². The van der Waals surface area contributed by atoms with Crippen LogP contribution in [0, 0.1) is 11.3 Å². The molecule has 0 unspecified atom stereocenters. The molecule has 0 aliphatic heterocycles. The first-order valence-electron chi connectivity index (χ1n) is 9.29. The summed E-state index contributed by atoms with van der Waals surface area (Å²) in [6.07, 6.45) is 0.693. The predicted molar refractivity (Wildman–Crippen MR) is 110 cm³/mol. The van der Waals surface area contributed by atoms with Crippen molar-refractivity contribution in [1.29, 1.82) is 5.26 Å². The van der Waals surface area contributed by atoms with Gasteiger partial charge in [0.25, 0.3) is 0 Å². The molecule has 0 atom stereocenters. The van der Waals surface area contributed by atoms with Crippen molar-refractivity contribution >= 4 is 5.88 Å². The predicted octanol–water partition coefficient (Wildman–Crippen LogP) is 3.81. The number of anilines is 1. The number of nitriles is 1. The third-order valence-corrected chi connectivity index (χ3v) is 4.34. The Labute approximate surface area is 175 Å². The van der Waals surface area contributed by atoms with Crippen LogP contribution in [0.4, 0.5) is 5.88 Å². The third kappa shape index (κ3) is 4.94. The SMILES string of the molecule is COc1ccc(CCNc2oc(COc3ccccc3OC)nc2C#N)cc1OC. The molecular formula is C22H23N3O5. The van der Waals surface area contributed by atoms with Crippen molar-refractivity contribution in [1.82, 2.24) is 4.98 Å². The van der Waals surface area contributed by atoms with Gasteiger partial charge in [-0.2, -0.15) is 10.2 Å². The number of para-hydroxylation sites is 2. The molecule has 0 saturated heterocycles. The Kier molecular flexibility index (Phi) is 7.00. The smallest absolute Gasteiger partial charge is 0.236 e. The van der Waals surface area contributed by atoms with Crippen molar-refractivity contribution in [2.45, 2.75) is 13.0 Å². The van der Waals surface area contributed by atoms with Gasteiger partial charge in [-0.1, -0.05) is 18.2 Å². The van der Waals surface area contributed by atoms with E-state index >= 15 is 0 Å². The Balaban J connectivity index is 1.60. The Morgan fingerprint density at radius 1 is 0.967 bits per heavy atom. The third-order valence-electron chi connectivity index (χ3n) is 4.34. The molecule has 1 N–H and O–H groups in total. The minimum absolute atomic E-state index is 0.0758. The summed E-state index contributed by atoms with van der Waals surface area (Å²) < 4.78 is 27.2. The van der Waals surface area contributed by atoms with Gasteiger partial charge < -0.3 is 28.7 Å². The molecule has 156 valence electrons. The van der Waals surface area contributed by atoms with E-state index in [4.69, 9.17) is 23.4 Å². The summed E-state index contributed by atoms with van der Waals surface area (Å²) in [7, 11) is 4.77. The van der Waals surface area contributed by atoms with Gasteiger partial charge in [0.05, 0.1) is 21.3 Å². The number of ether oxygens (including phenoxy) is 4. The maximum atomic E-state index is 9.34. The van der Waals surface area contributed by atoms with E-state index in [0.29, 0.717) is 47.7 Å². The Bertz CT molecular complexity index is 1030. The topological polar surface area (TPSA) is 98.8 Å². The fourth-order valence-electron chi connectivity index (χ4n) is 2.86. The van der Waals surface area contributed by atoms with Crippen LogP contribution in [-0.2, 0) is 13.0 Å². The lowest BCUT2D eigenvalue weighted by Gasteiger charge is -2.10. The molecule has 3 rings (SSSR count). The number of nitrogens with one attached hydrogen (secondary N) is 1. The zero-order valence-corrected chi connectivity index (χ0v) is 17.1. The van der Waals surface area contributed by atoms with E-state index in [0.717, 1.165) is 5.56 Å². The van der Waals surface area contributed by atoms with Crippen LogP contribution in [0.2, 0.25) is 0 Å². The van der Waals surface area contributed by atoms with E-state index in [9.17, 15) is 5.26 Å². The molecular weight excluding hydrogens is 386 g/mol. The lowest BCUT2D eigenvalue weighted by molar-refractivity contribution is 0.251. The van der Waals surface area contributed by atoms with E-state index in [2.05, 4.69) is 10.3 Å². The molecule has 0 fully saturated rings. The Hall–Kier alpha value is -3.86. The number of benzene rings is 2. The van der Waals surface area contributed by atoms with Crippen LogP contribution >= 0.6 is 0 Å². The molecule has 8 heteroatoms. The second kappa shape index (κ2) is 10.1. The average molecular weight is 409 g/mol. The van der Waals surface area contributed by atoms with E-state index in [1.54, 1.807) is 33.5 Å². The standard InChI is InChI=1S/C22H23N3O5/c1-26-17-6-4-5-7-19(17)29-14-21-25-16(13-23)22(30-21)24-11-10-15-8-9-18(27-2)20(12-15)28-3/h4-9,12,24H,10-11,14H2,1-3H3. The fourth-order valence-corrected chi connectivity index (χ4v) is 2.86. The number of aromatic nitrogens is 1. The van der Waals surface area contributed by atoms with Gasteiger partial charge in [-0.05, 0) is 36.2 Å². The lowest BCUT2D eigenvalue weighted by Crippen LogP contribution is -2.05. The number of hydrogen-bond donors (Lipinski definition) is 1. The van der Waals surface area contributed by atoms with Crippen molar-refractivity contribution in [3.8, 4) is 29.1 Å². The van der Waals surface area contributed by atoms with Gasteiger partial charge in [-0.3, -0.25) is 0 Å². The van der Waals surface area contributed by atoms with E-state index < -0.39 is 0 Å². The Morgan fingerprint density at radius 3 is 2.37 bits per heavy atom. The van der Waals surface area contributed by atoms with E-state index in [1.807, 2.05) is 36.4 Å². The summed E-state index contributed by atoms with van der Waals surface area (Å²) in [6.45, 7) is 0.624. The number of hydrogen-bond acceptors (Lipinski definition) is 8. The highest BCUT2D eigenvalue weighted by atomic mass is 16.5. The first kappa shape index (κ1) is 20.9. The largest absolute Gasteiger partial charge is 0.493 e. The zero-order valence-electron chi connectivity index (χ0n) is 17.1. The molecule has 30 heavy (non-hydrogen) atoms. The molecule has 0 saturated carbocycles. The molecule has 0 aliphatic rings. The molecule has 2 aromatic carbocycles. The highest BCUT2D eigenvalue weighted by molar-refractivity contribution is 5.46. The van der Waals surface area contributed by atoms with Crippen molar-refractivity contribution in [2.75, 3.05) is 33.2 Å². The molecule has 0 amide bonds. The first-order chi connectivity index (χ1) is 14.7. The van der Waals surface area contributed by atoms with Gasteiger partial charge in [0.2, 0.25) is 17.5 Å². The molecule has 0 aliphatic carbocycles. The average Bonchev–Trinajstić information content (AvgIpc) is 3.19. The number of oxazole rings is 1. The maximum absolute atomic E-state index is 9.34. The van der Waals surface area contributed by atoms with Crippen molar-refractivity contribution < 1.29 is 23.4 Å². The summed E-state index contributed by atoms with van der Waals surface area (Å²) in [6, 6.07) is 15.0. The van der Waals surface area contributed by atoms with Crippen molar-refractivity contribution in [2.24, 2.45) is 0 Å². The van der Waals surface area contributed by atoms with Crippen molar-refractivity contribution in [3.05, 3.63) is 59.6 Å². The second-order valence-electron chi connectivity index (χ2n) is 6.20. The minimum atomic E-state index is 0.0758. The van der Waals surface area contributed by atoms with Crippen LogP contribution in [0.5, 0.6) is 23.0 Å². The maximum Gasteiger partial charge on any atom is 0.236 e. The second-order valence-corrected chi connectivity index (χ2v) is 6.20. The normalized spacial score (nSPS) is 10.2. The first-order valence-corrected chi connectivity index (χ1v) is 9.29. The molecule has 0 bridgehead atoms. The minimum Gasteiger partial charge on any atom is -0.493 e. The van der Waals surface area contributed by atoms with Crippen LogP contribution in [0.15, 0.2) is 46.9 Å². The molecule has 1 heterocycles. The monoisotopic (exact) mass is 409 g/mol. The van der Waals surface area contributed by atoms with Crippen LogP contribution in [0.25, 0.3) is 0 Å². The summed E-state index contributed by atoms with van der Waals surface area (Å²) in [5.74, 6) is 3.14. The van der Waals surface area contributed by atoms with Crippen LogP contribution < -0.4 is 24.3 Å². The van der Waals surface area contributed by atoms with E-state index in [1.165, 1.54) is 0 Å². The Morgan fingerprint density at radius 2 is 1.67 bits per heavy atom.